The molecule has 4 heteroatoms. The minimum absolute atomic E-state index is 0.338. The largest absolute Gasteiger partial charge is 0.423 e. The molecule has 0 radical (unpaired) electrons. The number of nitrogens with one attached hydrogen (secondary N) is 1. The highest BCUT2D eigenvalue weighted by molar-refractivity contribution is 6.32. The van der Waals surface area contributed by atoms with Gasteiger partial charge < -0.3 is 9.73 Å². The van der Waals surface area contributed by atoms with Crippen molar-refractivity contribution in [3.63, 3.8) is 0 Å². The van der Waals surface area contributed by atoms with Crippen LogP contribution in [0.15, 0.2) is 45.6 Å². The molecular weight excluding hydrogens is 322 g/mol. The van der Waals surface area contributed by atoms with Gasteiger partial charge in [0.15, 0.2) is 0 Å². The maximum absolute atomic E-state index is 11.8. The Morgan fingerprint density at radius 1 is 1.12 bits per heavy atom. The monoisotopic (exact) mass is 339 g/mol. The van der Waals surface area contributed by atoms with Gasteiger partial charge in [0, 0.05) is 28.7 Å². The second-order valence-electron chi connectivity index (χ2n) is 6.38. The van der Waals surface area contributed by atoms with E-state index in [9.17, 15) is 4.79 Å². The summed E-state index contributed by atoms with van der Waals surface area (Å²) in [6.45, 7) is 2.46. The predicted molar refractivity (Wildman–Crippen MR) is 98.0 cm³/mol. The molecule has 0 saturated heterocycles. The van der Waals surface area contributed by atoms with E-state index in [1.54, 1.807) is 0 Å². The minimum atomic E-state index is -0.338. The predicted octanol–water partition coefficient (Wildman–Crippen LogP) is 4.86. The van der Waals surface area contributed by atoms with Crippen LogP contribution in [0.2, 0.25) is 5.02 Å². The fraction of sp³-hybridized carbons (Fsp3) is 0.250. The van der Waals surface area contributed by atoms with E-state index in [0.29, 0.717) is 17.2 Å². The van der Waals surface area contributed by atoms with Gasteiger partial charge in [-0.05, 0) is 72.7 Å². The van der Waals surface area contributed by atoms with E-state index in [2.05, 4.69) is 23.5 Å². The SMILES string of the molecule is Cc1cc2oc(=O)cc(CNc3ccc4c(c3)CCC4)c2cc1Cl. The summed E-state index contributed by atoms with van der Waals surface area (Å²) in [5.74, 6) is 0. The van der Waals surface area contributed by atoms with E-state index in [1.165, 1.54) is 30.0 Å². The van der Waals surface area contributed by atoms with Gasteiger partial charge in [0.05, 0.1) is 0 Å². The first kappa shape index (κ1) is 15.3. The Balaban J connectivity index is 1.67. The zero-order valence-corrected chi connectivity index (χ0v) is 14.2. The molecule has 0 aliphatic heterocycles. The molecule has 1 aliphatic rings. The molecule has 1 heterocycles. The van der Waals surface area contributed by atoms with E-state index in [0.717, 1.165) is 28.6 Å². The number of benzene rings is 2. The maximum atomic E-state index is 11.8. The van der Waals surface area contributed by atoms with E-state index >= 15 is 0 Å². The molecule has 3 nitrogen and oxygen atoms in total. The van der Waals surface area contributed by atoms with Crippen LogP contribution in [0.1, 0.15) is 28.7 Å². The van der Waals surface area contributed by atoms with Crippen LogP contribution in [0.25, 0.3) is 11.0 Å². The summed E-state index contributed by atoms with van der Waals surface area (Å²) in [4.78, 5) is 11.8. The first-order chi connectivity index (χ1) is 11.6. The molecule has 0 amide bonds. The van der Waals surface area contributed by atoms with Crippen LogP contribution in [0.4, 0.5) is 5.69 Å². The summed E-state index contributed by atoms with van der Waals surface area (Å²) in [6, 6.07) is 11.7. The van der Waals surface area contributed by atoms with Crippen molar-refractivity contribution >= 4 is 28.3 Å². The summed E-state index contributed by atoms with van der Waals surface area (Å²) in [5.41, 5.74) is 5.99. The van der Waals surface area contributed by atoms with Gasteiger partial charge in [0.1, 0.15) is 5.58 Å². The van der Waals surface area contributed by atoms with Crippen molar-refractivity contribution in [2.45, 2.75) is 32.7 Å². The Morgan fingerprint density at radius 2 is 1.96 bits per heavy atom. The zero-order chi connectivity index (χ0) is 16.7. The Kier molecular flexibility index (Phi) is 3.81. The molecular formula is C20H18ClNO2. The first-order valence-corrected chi connectivity index (χ1v) is 8.56. The summed E-state index contributed by atoms with van der Waals surface area (Å²) < 4.78 is 5.31. The van der Waals surface area contributed by atoms with Crippen molar-refractivity contribution < 1.29 is 4.42 Å². The summed E-state index contributed by atoms with van der Waals surface area (Å²) in [6.07, 6.45) is 3.57. The van der Waals surface area contributed by atoms with Crippen molar-refractivity contribution in [2.24, 2.45) is 0 Å². The number of rotatable bonds is 3. The Hall–Kier alpha value is -2.26. The summed E-state index contributed by atoms with van der Waals surface area (Å²) in [7, 11) is 0. The number of halogens is 1. The third kappa shape index (κ3) is 2.80. The van der Waals surface area contributed by atoms with Crippen molar-refractivity contribution in [3.8, 4) is 0 Å². The van der Waals surface area contributed by atoms with Gasteiger partial charge in [-0.1, -0.05) is 17.7 Å². The lowest BCUT2D eigenvalue weighted by Crippen LogP contribution is -2.06. The molecule has 0 unspecified atom stereocenters. The van der Waals surface area contributed by atoms with Gasteiger partial charge in [-0.15, -0.1) is 0 Å². The van der Waals surface area contributed by atoms with Crippen LogP contribution >= 0.6 is 11.6 Å². The standard InChI is InChI=1S/C20H18ClNO2/c1-12-7-19-17(10-18(12)21)15(9-20(23)24-19)11-22-16-6-5-13-3-2-4-14(13)8-16/h5-10,22H,2-4,11H2,1H3. The fourth-order valence-corrected chi connectivity index (χ4v) is 3.54. The van der Waals surface area contributed by atoms with Crippen molar-refractivity contribution in [1.82, 2.24) is 0 Å². The van der Waals surface area contributed by atoms with Crippen molar-refractivity contribution in [3.05, 3.63) is 74.1 Å². The molecule has 0 spiro atoms. The molecule has 1 aromatic heterocycles. The normalized spacial score (nSPS) is 13.2. The van der Waals surface area contributed by atoms with Crippen LogP contribution in [-0.2, 0) is 19.4 Å². The average Bonchev–Trinajstić information content (AvgIpc) is 3.02. The minimum Gasteiger partial charge on any atom is -0.423 e. The van der Waals surface area contributed by atoms with Gasteiger partial charge in [-0.2, -0.15) is 0 Å². The van der Waals surface area contributed by atoms with Crippen LogP contribution in [-0.4, -0.2) is 0 Å². The smallest absolute Gasteiger partial charge is 0.336 e. The average molecular weight is 340 g/mol. The second kappa shape index (κ2) is 5.99. The van der Waals surface area contributed by atoms with Gasteiger partial charge in [-0.25, -0.2) is 4.79 Å². The topological polar surface area (TPSA) is 42.2 Å². The van der Waals surface area contributed by atoms with E-state index in [-0.39, 0.29) is 5.63 Å². The highest BCUT2D eigenvalue weighted by Crippen LogP contribution is 2.27. The lowest BCUT2D eigenvalue weighted by Gasteiger charge is -2.11. The number of anilines is 1. The molecule has 4 rings (SSSR count). The number of aryl methyl sites for hydroxylation is 3. The molecule has 122 valence electrons. The first-order valence-electron chi connectivity index (χ1n) is 8.19. The van der Waals surface area contributed by atoms with Crippen LogP contribution in [0, 0.1) is 6.92 Å². The summed E-state index contributed by atoms with van der Waals surface area (Å²) in [5, 5.41) is 4.97. The van der Waals surface area contributed by atoms with E-state index in [1.807, 2.05) is 19.1 Å². The van der Waals surface area contributed by atoms with Gasteiger partial charge in [-0.3, -0.25) is 0 Å². The molecule has 0 bridgehead atoms. The maximum Gasteiger partial charge on any atom is 0.336 e. The fourth-order valence-electron chi connectivity index (χ4n) is 3.37. The third-order valence-corrected chi connectivity index (χ3v) is 5.10. The van der Waals surface area contributed by atoms with Gasteiger partial charge >= 0.3 is 5.63 Å². The van der Waals surface area contributed by atoms with Crippen LogP contribution in [0.3, 0.4) is 0 Å². The van der Waals surface area contributed by atoms with Gasteiger partial charge in [0.2, 0.25) is 0 Å². The van der Waals surface area contributed by atoms with Crippen LogP contribution in [0.5, 0.6) is 0 Å². The zero-order valence-electron chi connectivity index (χ0n) is 13.5. The van der Waals surface area contributed by atoms with Crippen LogP contribution < -0.4 is 10.9 Å². The van der Waals surface area contributed by atoms with E-state index in [4.69, 9.17) is 16.0 Å². The molecule has 0 fully saturated rings. The lowest BCUT2D eigenvalue weighted by molar-refractivity contribution is 0.559. The quantitative estimate of drug-likeness (QED) is 0.693. The third-order valence-electron chi connectivity index (χ3n) is 4.69. The molecule has 24 heavy (non-hydrogen) atoms. The van der Waals surface area contributed by atoms with E-state index < -0.39 is 0 Å². The number of fused-ring (bicyclic) bond motifs is 2. The highest BCUT2D eigenvalue weighted by Gasteiger charge is 2.12. The van der Waals surface area contributed by atoms with Crippen molar-refractivity contribution in [2.75, 3.05) is 5.32 Å². The second-order valence-corrected chi connectivity index (χ2v) is 6.79. The highest BCUT2D eigenvalue weighted by atomic mass is 35.5. The molecule has 2 aromatic carbocycles. The molecule has 0 atom stereocenters. The summed E-state index contributed by atoms with van der Waals surface area (Å²) >= 11 is 6.24. The molecule has 1 aliphatic carbocycles. The molecule has 1 N–H and O–H groups in total. The Morgan fingerprint density at radius 3 is 2.83 bits per heavy atom. The Bertz CT molecular complexity index is 991. The van der Waals surface area contributed by atoms with Crippen molar-refractivity contribution in [1.29, 1.82) is 0 Å². The number of hydrogen-bond donors (Lipinski definition) is 1. The molecule has 0 saturated carbocycles. The number of hydrogen-bond acceptors (Lipinski definition) is 3. The van der Waals surface area contributed by atoms with Gasteiger partial charge in [0.25, 0.3) is 0 Å². The molecule has 3 aromatic rings. The Labute approximate surface area is 145 Å². The lowest BCUT2D eigenvalue weighted by atomic mass is 10.1.